The predicted octanol–water partition coefficient (Wildman–Crippen LogP) is 4.81. The predicted molar refractivity (Wildman–Crippen MR) is 119 cm³/mol. The summed E-state index contributed by atoms with van der Waals surface area (Å²) in [6, 6.07) is 10.9. The van der Waals surface area contributed by atoms with Gasteiger partial charge >= 0.3 is 5.69 Å². The summed E-state index contributed by atoms with van der Waals surface area (Å²) in [4.78, 5) is 24.0. The first-order valence-corrected chi connectivity index (χ1v) is 9.93. The van der Waals surface area contributed by atoms with Crippen LogP contribution in [0.5, 0.6) is 11.5 Å². The number of ether oxygens (including phenoxy) is 2. The van der Waals surface area contributed by atoms with Gasteiger partial charge in [-0.15, -0.1) is 0 Å². The second kappa shape index (κ2) is 8.40. The summed E-state index contributed by atoms with van der Waals surface area (Å²) in [6.45, 7) is 1.96. The van der Waals surface area contributed by atoms with Gasteiger partial charge in [0, 0.05) is 6.07 Å². The van der Waals surface area contributed by atoms with Crippen LogP contribution in [0.25, 0.3) is 10.2 Å². The fraction of sp³-hybridized carbons (Fsp3) is 0.150. The smallest absolute Gasteiger partial charge is 0.353 e. The average Bonchev–Trinajstić information content (AvgIpc) is 3.17. The molecule has 0 radical (unpaired) electrons. The largest absolute Gasteiger partial charge is 0.497 e. The van der Waals surface area contributed by atoms with Crippen LogP contribution in [-0.2, 0) is 0 Å². The molecule has 11 heteroatoms. The summed E-state index contributed by atoms with van der Waals surface area (Å²) >= 11 is 1.39. The lowest BCUT2D eigenvalue weighted by atomic mass is 10.2. The van der Waals surface area contributed by atoms with Crippen molar-refractivity contribution in [3.63, 3.8) is 0 Å². The zero-order valence-corrected chi connectivity index (χ0v) is 17.7. The van der Waals surface area contributed by atoms with Crippen molar-refractivity contribution < 1.29 is 14.4 Å². The second-order valence-corrected chi connectivity index (χ2v) is 7.46. The van der Waals surface area contributed by atoms with E-state index in [1.54, 1.807) is 18.2 Å². The Morgan fingerprint density at radius 2 is 1.84 bits per heavy atom. The molecular weight excluding hydrogens is 420 g/mol. The quantitative estimate of drug-likeness (QED) is 0.309. The van der Waals surface area contributed by atoms with Crippen molar-refractivity contribution in [1.82, 2.24) is 15.0 Å². The van der Waals surface area contributed by atoms with E-state index in [0.717, 1.165) is 15.8 Å². The van der Waals surface area contributed by atoms with Gasteiger partial charge in [0.15, 0.2) is 5.13 Å². The van der Waals surface area contributed by atoms with Gasteiger partial charge in [0.2, 0.25) is 11.6 Å². The van der Waals surface area contributed by atoms with E-state index < -0.39 is 4.92 Å². The standard InChI is InChI=1S/C20H18N6O4S/c1-11-5-4-6-15-16(11)24-20(31-15)25-19-17(26(27)28)18(21-10-22-19)23-13-9-12(29-2)7-8-14(13)30-3/h4-10H,1-3H3,(H2,21,22,23,24,25). The van der Waals surface area contributed by atoms with Gasteiger partial charge < -0.3 is 20.1 Å². The molecule has 4 aromatic rings. The van der Waals surface area contributed by atoms with Gasteiger partial charge in [0.05, 0.1) is 35.0 Å². The highest BCUT2D eigenvalue weighted by atomic mass is 32.1. The summed E-state index contributed by atoms with van der Waals surface area (Å²) in [5.41, 5.74) is 2.01. The number of methoxy groups -OCH3 is 2. The number of thiazole rings is 1. The molecule has 0 aliphatic carbocycles. The Hall–Kier alpha value is -3.99. The van der Waals surface area contributed by atoms with E-state index in [0.29, 0.717) is 22.3 Å². The Kier molecular flexibility index (Phi) is 5.50. The van der Waals surface area contributed by atoms with Gasteiger partial charge in [-0.3, -0.25) is 10.1 Å². The molecule has 158 valence electrons. The van der Waals surface area contributed by atoms with E-state index in [1.165, 1.54) is 31.9 Å². The molecule has 2 aromatic carbocycles. The Morgan fingerprint density at radius 1 is 1.06 bits per heavy atom. The highest BCUT2D eigenvalue weighted by molar-refractivity contribution is 7.22. The summed E-state index contributed by atoms with van der Waals surface area (Å²) in [5.74, 6) is 1.07. The van der Waals surface area contributed by atoms with Crippen molar-refractivity contribution in [2.75, 3.05) is 24.9 Å². The highest BCUT2D eigenvalue weighted by Gasteiger charge is 2.25. The van der Waals surface area contributed by atoms with Crippen molar-refractivity contribution in [3.8, 4) is 11.5 Å². The lowest BCUT2D eigenvalue weighted by molar-refractivity contribution is -0.383. The Labute approximate surface area is 181 Å². The molecule has 2 heterocycles. The van der Waals surface area contributed by atoms with Crippen LogP contribution in [0.15, 0.2) is 42.7 Å². The van der Waals surface area contributed by atoms with Crippen LogP contribution in [0.2, 0.25) is 0 Å². The van der Waals surface area contributed by atoms with Gasteiger partial charge in [0.1, 0.15) is 17.8 Å². The summed E-state index contributed by atoms with van der Waals surface area (Å²) in [7, 11) is 3.03. The topological polar surface area (TPSA) is 124 Å². The van der Waals surface area contributed by atoms with Crippen LogP contribution in [0.4, 0.5) is 28.1 Å². The molecule has 0 saturated carbocycles. The molecule has 0 unspecified atom stereocenters. The molecule has 0 fully saturated rings. The Balaban J connectivity index is 1.73. The van der Waals surface area contributed by atoms with E-state index in [-0.39, 0.29) is 17.3 Å². The number of aryl methyl sites for hydroxylation is 1. The fourth-order valence-corrected chi connectivity index (χ4v) is 3.96. The van der Waals surface area contributed by atoms with E-state index in [2.05, 4.69) is 25.6 Å². The second-order valence-electron chi connectivity index (χ2n) is 6.43. The van der Waals surface area contributed by atoms with Gasteiger partial charge in [-0.05, 0) is 30.7 Å². The number of fused-ring (bicyclic) bond motifs is 1. The molecule has 0 amide bonds. The number of rotatable bonds is 7. The van der Waals surface area contributed by atoms with E-state index in [1.807, 2.05) is 25.1 Å². The van der Waals surface area contributed by atoms with Crippen molar-refractivity contribution in [1.29, 1.82) is 0 Å². The lowest BCUT2D eigenvalue weighted by Crippen LogP contribution is -2.06. The molecule has 0 saturated heterocycles. The number of aromatic nitrogens is 3. The molecule has 4 rings (SSSR count). The van der Waals surface area contributed by atoms with Crippen LogP contribution < -0.4 is 20.1 Å². The number of benzene rings is 2. The van der Waals surface area contributed by atoms with Crippen LogP contribution in [0.1, 0.15) is 5.56 Å². The third-order valence-electron chi connectivity index (χ3n) is 4.51. The minimum atomic E-state index is -0.546. The number of para-hydroxylation sites is 1. The molecule has 2 N–H and O–H groups in total. The SMILES string of the molecule is COc1ccc(OC)c(Nc2ncnc(Nc3nc4c(C)cccc4s3)c2[N+](=O)[O-])c1. The monoisotopic (exact) mass is 438 g/mol. The van der Waals surface area contributed by atoms with Gasteiger partial charge in [0.25, 0.3) is 0 Å². The molecule has 31 heavy (non-hydrogen) atoms. The van der Waals surface area contributed by atoms with Crippen LogP contribution in [0, 0.1) is 17.0 Å². The van der Waals surface area contributed by atoms with Crippen LogP contribution >= 0.6 is 11.3 Å². The van der Waals surface area contributed by atoms with E-state index in [9.17, 15) is 10.1 Å². The first-order valence-electron chi connectivity index (χ1n) is 9.11. The van der Waals surface area contributed by atoms with Gasteiger partial charge in [-0.1, -0.05) is 23.5 Å². The zero-order valence-electron chi connectivity index (χ0n) is 16.9. The number of nitrogens with one attached hydrogen (secondary N) is 2. The van der Waals surface area contributed by atoms with Gasteiger partial charge in [-0.2, -0.15) is 0 Å². The highest BCUT2D eigenvalue weighted by Crippen LogP contribution is 2.38. The first kappa shape index (κ1) is 20.3. The first-order chi connectivity index (χ1) is 15.0. The summed E-state index contributed by atoms with van der Waals surface area (Å²) in [6.07, 6.45) is 1.24. The molecule has 2 aromatic heterocycles. The lowest BCUT2D eigenvalue weighted by Gasteiger charge is -2.13. The maximum Gasteiger partial charge on any atom is 0.353 e. The van der Waals surface area contributed by atoms with E-state index in [4.69, 9.17) is 9.47 Å². The molecule has 10 nitrogen and oxygen atoms in total. The number of anilines is 4. The number of hydrogen-bond donors (Lipinski definition) is 2. The minimum absolute atomic E-state index is 0.00587. The normalized spacial score (nSPS) is 10.7. The van der Waals surface area contributed by atoms with Crippen molar-refractivity contribution >= 4 is 49.7 Å². The number of hydrogen-bond acceptors (Lipinski definition) is 10. The molecule has 0 atom stereocenters. The third kappa shape index (κ3) is 4.03. The van der Waals surface area contributed by atoms with Crippen molar-refractivity contribution in [2.45, 2.75) is 6.92 Å². The number of nitro groups is 1. The fourth-order valence-electron chi connectivity index (χ4n) is 3.01. The maximum atomic E-state index is 11.9. The van der Waals surface area contributed by atoms with Crippen LogP contribution in [0.3, 0.4) is 0 Å². The van der Waals surface area contributed by atoms with Crippen molar-refractivity contribution in [2.24, 2.45) is 0 Å². The average molecular weight is 438 g/mol. The molecule has 0 spiro atoms. The third-order valence-corrected chi connectivity index (χ3v) is 5.45. The number of nitrogens with zero attached hydrogens (tertiary/aromatic N) is 4. The minimum Gasteiger partial charge on any atom is -0.497 e. The molecular formula is C20H18N6O4S. The Bertz CT molecular complexity index is 1280. The van der Waals surface area contributed by atoms with Gasteiger partial charge in [-0.25, -0.2) is 15.0 Å². The van der Waals surface area contributed by atoms with E-state index >= 15 is 0 Å². The summed E-state index contributed by atoms with van der Waals surface area (Å²) in [5, 5.41) is 18.3. The molecule has 0 bridgehead atoms. The maximum absolute atomic E-state index is 11.9. The summed E-state index contributed by atoms with van der Waals surface area (Å²) < 4.78 is 11.5. The van der Waals surface area contributed by atoms with Crippen molar-refractivity contribution in [3.05, 3.63) is 58.4 Å². The Morgan fingerprint density at radius 3 is 2.52 bits per heavy atom. The zero-order chi connectivity index (χ0) is 22.0. The molecule has 0 aliphatic heterocycles. The molecule has 0 aliphatic rings. The van der Waals surface area contributed by atoms with Crippen LogP contribution in [-0.4, -0.2) is 34.1 Å².